The van der Waals surface area contributed by atoms with Gasteiger partial charge in [-0.25, -0.2) is 0 Å². The van der Waals surface area contributed by atoms with Gasteiger partial charge in [0.15, 0.2) is 0 Å². The van der Waals surface area contributed by atoms with Crippen molar-refractivity contribution in [1.29, 1.82) is 0 Å². The minimum absolute atomic E-state index is 0.0722. The minimum Gasteiger partial charge on any atom is -0.396 e. The van der Waals surface area contributed by atoms with Crippen LogP contribution in [-0.4, -0.2) is 36.2 Å². The van der Waals surface area contributed by atoms with E-state index in [0.717, 1.165) is 13.1 Å². The fraction of sp³-hybridized carbons (Fsp3) is 0.909. The number of rotatable bonds is 4. The molecule has 1 rings (SSSR count). The molecule has 1 heterocycles. The summed E-state index contributed by atoms with van der Waals surface area (Å²) in [6.45, 7) is 7.75. The molecule has 0 aromatic rings. The van der Waals surface area contributed by atoms with Gasteiger partial charge in [-0.3, -0.25) is 4.79 Å². The van der Waals surface area contributed by atoms with E-state index in [0.29, 0.717) is 12.3 Å². The van der Waals surface area contributed by atoms with Crippen LogP contribution in [0.5, 0.6) is 0 Å². The number of aliphatic hydroxyl groups is 1. The molecule has 2 atom stereocenters. The summed E-state index contributed by atoms with van der Waals surface area (Å²) in [5.74, 6) is 0.573. The van der Waals surface area contributed by atoms with Gasteiger partial charge in [-0.05, 0) is 32.7 Å². The first-order valence-electron chi connectivity index (χ1n) is 5.60. The molecule has 0 unspecified atom stereocenters. The Morgan fingerprint density at radius 2 is 2.20 bits per heavy atom. The van der Waals surface area contributed by atoms with Crippen molar-refractivity contribution in [3.63, 3.8) is 0 Å². The average molecular weight is 214 g/mol. The Hall–Kier alpha value is -0.610. The van der Waals surface area contributed by atoms with Crippen molar-refractivity contribution in [2.45, 2.75) is 32.7 Å². The Morgan fingerprint density at radius 3 is 2.67 bits per heavy atom. The number of carbonyl (C=O) groups excluding carboxylic acids is 1. The first-order chi connectivity index (χ1) is 6.96. The van der Waals surface area contributed by atoms with E-state index in [1.165, 1.54) is 0 Å². The predicted molar refractivity (Wildman–Crippen MR) is 59.4 cm³/mol. The average Bonchev–Trinajstić information content (AvgIpc) is 2.50. The molecule has 0 aromatic heterocycles. The van der Waals surface area contributed by atoms with Crippen LogP contribution >= 0.6 is 0 Å². The molecule has 3 N–H and O–H groups in total. The fourth-order valence-electron chi connectivity index (χ4n) is 1.93. The van der Waals surface area contributed by atoms with Crippen molar-refractivity contribution in [3.05, 3.63) is 0 Å². The SMILES string of the molecule is C[C@@H]1CNC[C@H]1C(=O)NC(C)(C)CCO. The van der Waals surface area contributed by atoms with E-state index in [2.05, 4.69) is 17.6 Å². The smallest absolute Gasteiger partial charge is 0.225 e. The van der Waals surface area contributed by atoms with Crippen LogP contribution in [-0.2, 0) is 4.79 Å². The van der Waals surface area contributed by atoms with Crippen LogP contribution in [0.1, 0.15) is 27.2 Å². The molecule has 0 bridgehead atoms. The number of hydrogen-bond acceptors (Lipinski definition) is 3. The van der Waals surface area contributed by atoms with Crippen LogP contribution in [0.2, 0.25) is 0 Å². The van der Waals surface area contributed by atoms with Crippen LogP contribution < -0.4 is 10.6 Å². The van der Waals surface area contributed by atoms with Crippen molar-refractivity contribution in [2.24, 2.45) is 11.8 Å². The van der Waals surface area contributed by atoms with Gasteiger partial charge in [0.25, 0.3) is 0 Å². The second-order valence-electron chi connectivity index (χ2n) is 5.09. The molecule has 1 fully saturated rings. The van der Waals surface area contributed by atoms with Gasteiger partial charge in [0.2, 0.25) is 5.91 Å². The van der Waals surface area contributed by atoms with Gasteiger partial charge in [-0.2, -0.15) is 0 Å². The highest BCUT2D eigenvalue weighted by atomic mass is 16.3. The van der Waals surface area contributed by atoms with Crippen molar-refractivity contribution < 1.29 is 9.90 Å². The van der Waals surface area contributed by atoms with E-state index >= 15 is 0 Å². The Balaban J connectivity index is 2.47. The molecule has 15 heavy (non-hydrogen) atoms. The van der Waals surface area contributed by atoms with Gasteiger partial charge < -0.3 is 15.7 Å². The molecule has 4 nitrogen and oxygen atoms in total. The number of nitrogens with one attached hydrogen (secondary N) is 2. The zero-order valence-corrected chi connectivity index (χ0v) is 9.84. The Morgan fingerprint density at radius 1 is 1.53 bits per heavy atom. The maximum atomic E-state index is 11.9. The van der Waals surface area contributed by atoms with E-state index in [1.54, 1.807) is 0 Å². The maximum absolute atomic E-state index is 11.9. The molecule has 4 heteroatoms. The molecule has 0 aliphatic carbocycles. The van der Waals surface area contributed by atoms with E-state index in [-0.39, 0.29) is 24.0 Å². The zero-order valence-electron chi connectivity index (χ0n) is 9.84. The van der Waals surface area contributed by atoms with E-state index in [1.807, 2.05) is 13.8 Å². The lowest BCUT2D eigenvalue weighted by atomic mass is 9.94. The van der Waals surface area contributed by atoms with Gasteiger partial charge in [0, 0.05) is 18.7 Å². The molecule has 0 radical (unpaired) electrons. The first-order valence-corrected chi connectivity index (χ1v) is 5.60. The summed E-state index contributed by atoms with van der Waals surface area (Å²) in [4.78, 5) is 11.9. The van der Waals surface area contributed by atoms with Crippen LogP contribution in [0, 0.1) is 11.8 Å². The second-order valence-corrected chi connectivity index (χ2v) is 5.09. The number of aliphatic hydroxyl groups excluding tert-OH is 1. The quantitative estimate of drug-likeness (QED) is 0.623. The molecule has 0 spiro atoms. The highest BCUT2D eigenvalue weighted by Crippen LogP contribution is 2.18. The maximum Gasteiger partial charge on any atom is 0.225 e. The largest absolute Gasteiger partial charge is 0.396 e. The lowest BCUT2D eigenvalue weighted by Gasteiger charge is -2.27. The van der Waals surface area contributed by atoms with Gasteiger partial charge in [0.05, 0.1) is 5.92 Å². The highest BCUT2D eigenvalue weighted by Gasteiger charge is 2.32. The Kier molecular flexibility index (Phi) is 4.11. The fourth-order valence-corrected chi connectivity index (χ4v) is 1.93. The first kappa shape index (κ1) is 12.5. The van der Waals surface area contributed by atoms with Crippen molar-refractivity contribution in [3.8, 4) is 0 Å². The number of carbonyl (C=O) groups is 1. The third kappa shape index (κ3) is 3.47. The normalized spacial score (nSPS) is 26.7. The molecule has 0 saturated carbocycles. The monoisotopic (exact) mass is 214 g/mol. The number of amides is 1. The topological polar surface area (TPSA) is 61.4 Å². The van der Waals surface area contributed by atoms with Crippen LogP contribution in [0.25, 0.3) is 0 Å². The predicted octanol–water partition coefficient (Wildman–Crippen LogP) is 0.119. The molecule has 1 amide bonds. The van der Waals surface area contributed by atoms with Gasteiger partial charge in [-0.1, -0.05) is 6.92 Å². The summed E-state index contributed by atoms with van der Waals surface area (Å²) in [5.41, 5.74) is -0.311. The molecular formula is C11H22N2O2. The highest BCUT2D eigenvalue weighted by molar-refractivity contribution is 5.80. The molecule has 1 saturated heterocycles. The molecule has 1 aliphatic rings. The van der Waals surface area contributed by atoms with Crippen molar-refractivity contribution in [2.75, 3.05) is 19.7 Å². The summed E-state index contributed by atoms with van der Waals surface area (Å²) in [7, 11) is 0. The molecule has 88 valence electrons. The van der Waals surface area contributed by atoms with Crippen molar-refractivity contribution >= 4 is 5.91 Å². The molecule has 1 aliphatic heterocycles. The summed E-state index contributed by atoms with van der Waals surface area (Å²) in [5, 5.41) is 15.1. The standard InChI is InChI=1S/C11H22N2O2/c1-8-6-12-7-9(8)10(15)13-11(2,3)4-5-14/h8-9,12,14H,4-7H2,1-3H3,(H,13,15)/t8-,9-/m1/s1. The summed E-state index contributed by atoms with van der Waals surface area (Å²) in [6, 6.07) is 0. The van der Waals surface area contributed by atoms with Crippen LogP contribution in [0.3, 0.4) is 0 Å². The Bertz CT molecular complexity index is 229. The molecular weight excluding hydrogens is 192 g/mol. The van der Waals surface area contributed by atoms with E-state index in [9.17, 15) is 4.79 Å². The van der Waals surface area contributed by atoms with Crippen LogP contribution in [0.4, 0.5) is 0 Å². The summed E-state index contributed by atoms with van der Waals surface area (Å²) < 4.78 is 0. The van der Waals surface area contributed by atoms with Gasteiger partial charge >= 0.3 is 0 Å². The third-order valence-electron chi connectivity index (χ3n) is 3.05. The van der Waals surface area contributed by atoms with Gasteiger partial charge in [0.1, 0.15) is 0 Å². The lowest BCUT2D eigenvalue weighted by Crippen LogP contribution is -2.47. The minimum atomic E-state index is -0.311. The summed E-state index contributed by atoms with van der Waals surface area (Å²) >= 11 is 0. The molecule has 0 aromatic carbocycles. The summed E-state index contributed by atoms with van der Waals surface area (Å²) in [6.07, 6.45) is 0.591. The van der Waals surface area contributed by atoms with Gasteiger partial charge in [-0.15, -0.1) is 0 Å². The Labute approximate surface area is 91.4 Å². The number of hydrogen-bond donors (Lipinski definition) is 3. The lowest BCUT2D eigenvalue weighted by molar-refractivity contribution is -0.127. The van der Waals surface area contributed by atoms with E-state index in [4.69, 9.17) is 5.11 Å². The second kappa shape index (κ2) is 4.94. The van der Waals surface area contributed by atoms with E-state index < -0.39 is 0 Å². The zero-order chi connectivity index (χ0) is 11.5. The van der Waals surface area contributed by atoms with Crippen molar-refractivity contribution in [1.82, 2.24) is 10.6 Å². The van der Waals surface area contributed by atoms with Crippen LogP contribution in [0.15, 0.2) is 0 Å². The third-order valence-corrected chi connectivity index (χ3v) is 3.05.